The fourth-order valence-corrected chi connectivity index (χ4v) is 3.97. The molecule has 0 spiro atoms. The lowest BCUT2D eigenvalue weighted by molar-refractivity contribution is -0.137. The molecular formula is C24H28F3N. The zero-order chi connectivity index (χ0) is 20.1. The molecular weight excluding hydrogens is 359 g/mol. The number of aryl methyl sites for hydroxylation is 2. The Hall–Kier alpha value is -2.07. The van der Waals surface area contributed by atoms with Gasteiger partial charge in [0.15, 0.2) is 0 Å². The molecule has 0 saturated carbocycles. The standard InChI is InChI=1S/C24H28F3N/c1-3-19-10-9-18(17-20(19)4-2)11-14-28-15-12-21(13-16-28)22-7-5-6-8-23(22)24(25,26)27/h5-10,12,17H,3-4,11,13-16H2,1-2H3. The summed E-state index contributed by atoms with van der Waals surface area (Å²) in [5, 5.41) is 0. The monoisotopic (exact) mass is 387 g/mol. The van der Waals surface area contributed by atoms with E-state index < -0.39 is 11.7 Å². The van der Waals surface area contributed by atoms with Gasteiger partial charge < -0.3 is 0 Å². The van der Waals surface area contributed by atoms with Gasteiger partial charge in [0.05, 0.1) is 5.56 Å². The van der Waals surface area contributed by atoms with Crippen LogP contribution in [0.5, 0.6) is 0 Å². The summed E-state index contributed by atoms with van der Waals surface area (Å²) in [6, 6.07) is 12.7. The number of benzene rings is 2. The quantitative estimate of drug-likeness (QED) is 0.574. The molecule has 0 radical (unpaired) electrons. The van der Waals surface area contributed by atoms with Crippen molar-refractivity contribution in [2.45, 2.75) is 45.7 Å². The van der Waals surface area contributed by atoms with Crippen LogP contribution in [0.3, 0.4) is 0 Å². The largest absolute Gasteiger partial charge is 0.416 e. The molecule has 1 nitrogen and oxygen atoms in total. The Balaban J connectivity index is 1.64. The van der Waals surface area contributed by atoms with Crippen molar-refractivity contribution in [3.05, 3.63) is 76.4 Å². The van der Waals surface area contributed by atoms with Gasteiger partial charge in [-0.1, -0.05) is 56.3 Å². The number of rotatable bonds is 6. The molecule has 2 aromatic carbocycles. The SMILES string of the molecule is CCc1ccc(CCN2CC=C(c3ccccc3C(F)(F)F)CC2)cc1CC. The van der Waals surface area contributed by atoms with Crippen molar-refractivity contribution in [3.63, 3.8) is 0 Å². The molecule has 0 N–H and O–H groups in total. The highest BCUT2D eigenvalue weighted by molar-refractivity contribution is 5.69. The second-order valence-electron chi connectivity index (χ2n) is 7.38. The highest BCUT2D eigenvalue weighted by atomic mass is 19.4. The molecule has 28 heavy (non-hydrogen) atoms. The summed E-state index contributed by atoms with van der Waals surface area (Å²) in [4.78, 5) is 2.32. The van der Waals surface area contributed by atoms with E-state index in [-0.39, 0.29) is 0 Å². The minimum absolute atomic E-state index is 0.331. The zero-order valence-corrected chi connectivity index (χ0v) is 16.6. The number of halogens is 3. The predicted molar refractivity (Wildman–Crippen MR) is 109 cm³/mol. The Morgan fingerprint density at radius 1 is 0.964 bits per heavy atom. The van der Waals surface area contributed by atoms with Crippen LogP contribution in [0.15, 0.2) is 48.5 Å². The molecule has 0 amide bonds. The molecule has 2 aromatic rings. The molecule has 1 aliphatic rings. The van der Waals surface area contributed by atoms with Crippen LogP contribution in [-0.4, -0.2) is 24.5 Å². The van der Waals surface area contributed by atoms with Gasteiger partial charge in [0, 0.05) is 19.6 Å². The van der Waals surface area contributed by atoms with Gasteiger partial charge in [0.2, 0.25) is 0 Å². The van der Waals surface area contributed by atoms with E-state index in [0.29, 0.717) is 18.5 Å². The van der Waals surface area contributed by atoms with Crippen molar-refractivity contribution in [2.75, 3.05) is 19.6 Å². The summed E-state index contributed by atoms with van der Waals surface area (Å²) < 4.78 is 39.8. The molecule has 0 fully saturated rings. The molecule has 0 aromatic heterocycles. The van der Waals surface area contributed by atoms with Crippen molar-refractivity contribution >= 4 is 5.57 Å². The first-order valence-electron chi connectivity index (χ1n) is 10.1. The number of hydrogen-bond acceptors (Lipinski definition) is 1. The van der Waals surface area contributed by atoms with Gasteiger partial charge in [-0.05, 0) is 59.6 Å². The third-order valence-corrected chi connectivity index (χ3v) is 5.62. The minimum Gasteiger partial charge on any atom is -0.299 e. The first kappa shape index (κ1) is 20.7. The molecule has 3 rings (SSSR count). The van der Waals surface area contributed by atoms with Crippen LogP contribution in [0.25, 0.3) is 5.57 Å². The van der Waals surface area contributed by atoms with Crippen molar-refractivity contribution in [2.24, 2.45) is 0 Å². The molecule has 0 aliphatic carbocycles. The minimum atomic E-state index is -4.31. The fourth-order valence-electron chi connectivity index (χ4n) is 3.97. The smallest absolute Gasteiger partial charge is 0.299 e. The van der Waals surface area contributed by atoms with E-state index in [9.17, 15) is 13.2 Å². The average molecular weight is 387 g/mol. The van der Waals surface area contributed by atoms with Crippen molar-refractivity contribution < 1.29 is 13.2 Å². The second-order valence-corrected chi connectivity index (χ2v) is 7.38. The fraction of sp³-hybridized carbons (Fsp3) is 0.417. The summed E-state index contributed by atoms with van der Waals surface area (Å²) in [7, 11) is 0. The van der Waals surface area contributed by atoms with Gasteiger partial charge >= 0.3 is 6.18 Å². The van der Waals surface area contributed by atoms with E-state index in [0.717, 1.165) is 37.9 Å². The van der Waals surface area contributed by atoms with Gasteiger partial charge in [0.1, 0.15) is 0 Å². The summed E-state index contributed by atoms with van der Waals surface area (Å²) in [5.74, 6) is 0. The van der Waals surface area contributed by atoms with Crippen molar-refractivity contribution in [3.8, 4) is 0 Å². The first-order chi connectivity index (χ1) is 13.4. The predicted octanol–water partition coefficient (Wildman–Crippen LogP) is 6.16. The molecule has 1 heterocycles. The van der Waals surface area contributed by atoms with E-state index >= 15 is 0 Å². The lowest BCUT2D eigenvalue weighted by Gasteiger charge is -2.27. The van der Waals surface area contributed by atoms with Gasteiger partial charge in [-0.25, -0.2) is 0 Å². The summed E-state index contributed by atoms with van der Waals surface area (Å²) >= 11 is 0. The van der Waals surface area contributed by atoms with Gasteiger partial charge in [0.25, 0.3) is 0 Å². The number of hydrogen-bond donors (Lipinski definition) is 0. The van der Waals surface area contributed by atoms with E-state index in [1.165, 1.54) is 28.8 Å². The van der Waals surface area contributed by atoms with Crippen LogP contribution < -0.4 is 0 Å². The maximum atomic E-state index is 13.3. The normalized spacial score (nSPS) is 15.5. The lowest BCUT2D eigenvalue weighted by atomic mass is 9.94. The summed E-state index contributed by atoms with van der Waals surface area (Å²) in [6.07, 6.45) is 1.39. The molecule has 4 heteroatoms. The van der Waals surface area contributed by atoms with Crippen LogP contribution in [0.4, 0.5) is 13.2 Å². The molecule has 150 valence electrons. The average Bonchev–Trinajstić information content (AvgIpc) is 2.71. The molecule has 0 unspecified atom stereocenters. The maximum absolute atomic E-state index is 13.3. The van der Waals surface area contributed by atoms with E-state index in [4.69, 9.17) is 0 Å². The number of alkyl halides is 3. The Morgan fingerprint density at radius 3 is 2.36 bits per heavy atom. The highest BCUT2D eigenvalue weighted by Gasteiger charge is 2.34. The van der Waals surface area contributed by atoms with Crippen LogP contribution in [-0.2, 0) is 25.4 Å². The Labute approximate surface area is 165 Å². The number of nitrogens with zero attached hydrogens (tertiary/aromatic N) is 1. The van der Waals surface area contributed by atoms with E-state index in [1.54, 1.807) is 12.1 Å². The second kappa shape index (κ2) is 8.95. The highest BCUT2D eigenvalue weighted by Crippen LogP contribution is 2.36. The summed E-state index contributed by atoms with van der Waals surface area (Å²) in [5.41, 5.74) is 4.79. The van der Waals surface area contributed by atoms with Crippen LogP contribution in [0.2, 0.25) is 0 Å². The third kappa shape index (κ3) is 4.85. The molecule has 0 saturated heterocycles. The van der Waals surface area contributed by atoms with Crippen LogP contribution in [0, 0.1) is 0 Å². The Morgan fingerprint density at radius 2 is 1.71 bits per heavy atom. The first-order valence-corrected chi connectivity index (χ1v) is 10.1. The van der Waals surface area contributed by atoms with Gasteiger partial charge in [-0.3, -0.25) is 4.90 Å². The topological polar surface area (TPSA) is 3.24 Å². The van der Waals surface area contributed by atoms with Crippen molar-refractivity contribution in [1.82, 2.24) is 4.90 Å². The van der Waals surface area contributed by atoms with Crippen LogP contribution >= 0.6 is 0 Å². The molecule has 1 aliphatic heterocycles. The van der Waals surface area contributed by atoms with Crippen molar-refractivity contribution in [1.29, 1.82) is 0 Å². The Bertz CT molecular complexity index is 836. The molecule has 0 atom stereocenters. The van der Waals surface area contributed by atoms with Gasteiger partial charge in [-0.2, -0.15) is 13.2 Å². The Kier molecular flexibility index (Phi) is 6.61. The van der Waals surface area contributed by atoms with E-state index in [1.807, 2.05) is 6.08 Å². The summed E-state index contributed by atoms with van der Waals surface area (Å²) in [6.45, 7) is 6.80. The third-order valence-electron chi connectivity index (χ3n) is 5.62. The zero-order valence-electron chi connectivity index (χ0n) is 16.6. The lowest BCUT2D eigenvalue weighted by Crippen LogP contribution is -2.30. The van der Waals surface area contributed by atoms with Crippen LogP contribution in [0.1, 0.15) is 48.1 Å². The van der Waals surface area contributed by atoms with Gasteiger partial charge in [-0.15, -0.1) is 0 Å². The molecule has 0 bridgehead atoms. The van der Waals surface area contributed by atoms with E-state index in [2.05, 4.69) is 36.9 Å². The maximum Gasteiger partial charge on any atom is 0.416 e.